The number of amides is 3. The van der Waals surface area contributed by atoms with Crippen LogP contribution >= 0.6 is 0 Å². The predicted octanol–water partition coefficient (Wildman–Crippen LogP) is 3.25. The molecule has 152 valence electrons. The molecule has 2 bridgehead atoms. The van der Waals surface area contributed by atoms with Crippen LogP contribution in [0.15, 0.2) is 36.4 Å². The Morgan fingerprint density at radius 1 is 1.00 bits per heavy atom. The highest BCUT2D eigenvalue weighted by molar-refractivity contribution is 6.07. The van der Waals surface area contributed by atoms with Gasteiger partial charge in [-0.25, -0.2) is 0 Å². The minimum absolute atomic E-state index is 0.0525. The van der Waals surface area contributed by atoms with E-state index in [0.29, 0.717) is 0 Å². The highest BCUT2D eigenvalue weighted by Crippen LogP contribution is 2.54. The van der Waals surface area contributed by atoms with Gasteiger partial charge in [-0.2, -0.15) is 0 Å². The van der Waals surface area contributed by atoms with Gasteiger partial charge in [-0.1, -0.05) is 36.4 Å². The fourth-order valence-corrected chi connectivity index (χ4v) is 5.97. The number of fused-ring (bicyclic) bond motifs is 5. The summed E-state index contributed by atoms with van der Waals surface area (Å²) in [6, 6.07) is 7.33. The molecule has 1 aromatic rings. The van der Waals surface area contributed by atoms with Crippen LogP contribution in [0.1, 0.15) is 49.3 Å². The zero-order valence-electron chi connectivity index (χ0n) is 16.9. The van der Waals surface area contributed by atoms with Gasteiger partial charge in [0.25, 0.3) is 0 Å². The van der Waals surface area contributed by atoms with Crippen LogP contribution in [0.2, 0.25) is 0 Å². The molecule has 1 saturated carbocycles. The first-order valence-electron chi connectivity index (χ1n) is 10.9. The van der Waals surface area contributed by atoms with Crippen molar-refractivity contribution in [2.75, 3.05) is 13.1 Å². The van der Waals surface area contributed by atoms with Crippen LogP contribution in [0.5, 0.6) is 0 Å². The number of imide groups is 1. The lowest BCUT2D eigenvalue weighted by Crippen LogP contribution is -2.42. The first kappa shape index (κ1) is 18.6. The molecule has 0 spiro atoms. The molecule has 0 N–H and O–H groups in total. The maximum absolute atomic E-state index is 13.4. The molecule has 3 amide bonds. The molecular weight excluding hydrogens is 364 g/mol. The smallest absolute Gasteiger partial charge is 0.234 e. The fraction of sp³-hybridized carbons (Fsp3) is 0.542. The second kappa shape index (κ2) is 7.12. The van der Waals surface area contributed by atoms with Crippen molar-refractivity contribution in [2.45, 2.75) is 45.1 Å². The third kappa shape index (κ3) is 2.93. The van der Waals surface area contributed by atoms with E-state index in [-0.39, 0.29) is 47.8 Å². The van der Waals surface area contributed by atoms with Crippen LogP contribution in [0.25, 0.3) is 0 Å². The average Bonchev–Trinajstić information content (AvgIpc) is 3.42. The van der Waals surface area contributed by atoms with Gasteiger partial charge in [-0.15, -0.1) is 0 Å². The Labute approximate surface area is 171 Å². The van der Waals surface area contributed by atoms with Gasteiger partial charge in [0.05, 0.1) is 24.3 Å². The second-order valence-corrected chi connectivity index (χ2v) is 9.06. The van der Waals surface area contributed by atoms with E-state index in [1.165, 1.54) is 4.90 Å². The van der Waals surface area contributed by atoms with Gasteiger partial charge in [-0.05, 0) is 55.6 Å². The molecule has 5 rings (SSSR count). The van der Waals surface area contributed by atoms with Gasteiger partial charge >= 0.3 is 0 Å². The predicted molar refractivity (Wildman–Crippen MR) is 109 cm³/mol. The molecule has 29 heavy (non-hydrogen) atoms. The number of carbonyl (C=O) groups excluding carboxylic acids is 3. The summed E-state index contributed by atoms with van der Waals surface area (Å²) in [6.45, 7) is 3.55. The number of hydrogen-bond donors (Lipinski definition) is 0. The van der Waals surface area contributed by atoms with E-state index in [2.05, 4.69) is 12.2 Å². The van der Waals surface area contributed by atoms with Crippen molar-refractivity contribution in [3.8, 4) is 0 Å². The zero-order chi connectivity index (χ0) is 20.1. The molecule has 5 unspecified atom stereocenters. The Kier molecular flexibility index (Phi) is 4.56. The van der Waals surface area contributed by atoms with Crippen molar-refractivity contribution in [1.29, 1.82) is 0 Å². The number of allylic oxidation sites excluding steroid dienone is 2. The Hall–Kier alpha value is -2.43. The van der Waals surface area contributed by atoms with Gasteiger partial charge in [0.1, 0.15) is 0 Å². The Morgan fingerprint density at radius 2 is 1.62 bits per heavy atom. The number of aryl methyl sites for hydroxylation is 1. The number of carbonyl (C=O) groups is 3. The van der Waals surface area contributed by atoms with Gasteiger partial charge in [0.2, 0.25) is 17.7 Å². The van der Waals surface area contributed by atoms with Crippen molar-refractivity contribution in [1.82, 2.24) is 9.80 Å². The molecule has 4 aliphatic rings. The lowest BCUT2D eigenvalue weighted by molar-refractivity contribution is -0.145. The molecule has 0 aromatic heterocycles. The van der Waals surface area contributed by atoms with Crippen LogP contribution in [0.3, 0.4) is 0 Å². The van der Waals surface area contributed by atoms with Crippen LogP contribution in [0.4, 0.5) is 0 Å². The summed E-state index contributed by atoms with van der Waals surface area (Å²) >= 11 is 0. The highest BCUT2D eigenvalue weighted by Gasteiger charge is 2.60. The Morgan fingerprint density at radius 3 is 2.24 bits per heavy atom. The summed E-state index contributed by atoms with van der Waals surface area (Å²) in [6.07, 6.45) is 8.55. The molecule has 2 aliphatic heterocycles. The molecule has 5 atom stereocenters. The van der Waals surface area contributed by atoms with Crippen molar-refractivity contribution >= 4 is 17.7 Å². The first-order chi connectivity index (χ1) is 14.1. The number of piperidine rings is 1. The van der Waals surface area contributed by atoms with Gasteiger partial charge in [0, 0.05) is 13.1 Å². The quantitative estimate of drug-likeness (QED) is 0.584. The summed E-state index contributed by atoms with van der Waals surface area (Å²) in [7, 11) is 0. The average molecular weight is 392 g/mol. The Balaban J connectivity index is 1.48. The summed E-state index contributed by atoms with van der Waals surface area (Å²) in [5.41, 5.74) is 1.93. The lowest BCUT2D eigenvalue weighted by atomic mass is 9.85. The van der Waals surface area contributed by atoms with E-state index in [9.17, 15) is 14.4 Å². The van der Waals surface area contributed by atoms with E-state index in [0.717, 1.165) is 49.9 Å². The third-order valence-electron chi connectivity index (χ3n) is 7.44. The van der Waals surface area contributed by atoms with Crippen LogP contribution < -0.4 is 0 Å². The minimum atomic E-state index is -0.504. The van der Waals surface area contributed by atoms with Crippen molar-refractivity contribution in [3.63, 3.8) is 0 Å². The van der Waals surface area contributed by atoms with E-state index < -0.39 is 6.04 Å². The minimum Gasteiger partial charge on any atom is -0.343 e. The summed E-state index contributed by atoms with van der Waals surface area (Å²) in [4.78, 5) is 43.3. The third-order valence-corrected chi connectivity index (χ3v) is 7.44. The SMILES string of the molecule is Cc1ccccc1C(CC(=O)N1CCCCC1)N1C(=O)C2C3C=CC(C3)C2C1=O. The normalized spacial score (nSPS) is 31.5. The molecule has 5 nitrogen and oxygen atoms in total. The van der Waals surface area contributed by atoms with Crippen molar-refractivity contribution < 1.29 is 14.4 Å². The van der Waals surface area contributed by atoms with Crippen LogP contribution in [-0.4, -0.2) is 40.6 Å². The number of benzene rings is 1. The summed E-state index contributed by atoms with van der Waals surface area (Å²) < 4.78 is 0. The van der Waals surface area contributed by atoms with Crippen LogP contribution in [-0.2, 0) is 14.4 Å². The zero-order valence-corrected chi connectivity index (χ0v) is 16.9. The van der Waals surface area contributed by atoms with E-state index in [4.69, 9.17) is 0 Å². The largest absolute Gasteiger partial charge is 0.343 e. The van der Waals surface area contributed by atoms with Gasteiger partial charge in [0.15, 0.2) is 0 Å². The number of nitrogens with zero attached hydrogens (tertiary/aromatic N) is 2. The molecule has 2 saturated heterocycles. The molecule has 0 radical (unpaired) electrons. The van der Waals surface area contributed by atoms with Crippen molar-refractivity contribution in [2.24, 2.45) is 23.7 Å². The van der Waals surface area contributed by atoms with E-state index in [1.807, 2.05) is 36.1 Å². The standard InChI is InChI=1S/C24H28N2O3/c1-15-7-3-4-8-18(15)19(14-20(27)25-11-5-2-6-12-25)26-23(28)21-16-9-10-17(13-16)22(21)24(26)29/h3-4,7-10,16-17,19,21-22H,2,5-6,11-14H2,1H3. The maximum atomic E-state index is 13.4. The Bertz CT molecular complexity index is 856. The molecule has 5 heteroatoms. The molecular formula is C24H28N2O3. The number of likely N-dealkylation sites (tertiary alicyclic amines) is 2. The van der Waals surface area contributed by atoms with Gasteiger partial charge < -0.3 is 4.90 Å². The molecule has 2 heterocycles. The maximum Gasteiger partial charge on any atom is 0.234 e. The monoisotopic (exact) mass is 392 g/mol. The van der Waals surface area contributed by atoms with E-state index >= 15 is 0 Å². The number of hydrogen-bond acceptors (Lipinski definition) is 3. The molecule has 3 fully saturated rings. The van der Waals surface area contributed by atoms with Gasteiger partial charge in [-0.3, -0.25) is 19.3 Å². The molecule has 1 aromatic carbocycles. The molecule has 2 aliphatic carbocycles. The van der Waals surface area contributed by atoms with Crippen LogP contribution in [0, 0.1) is 30.6 Å². The topological polar surface area (TPSA) is 57.7 Å². The summed E-state index contributed by atoms with van der Waals surface area (Å²) in [5, 5.41) is 0. The fourth-order valence-electron chi connectivity index (χ4n) is 5.97. The van der Waals surface area contributed by atoms with Crippen molar-refractivity contribution in [3.05, 3.63) is 47.5 Å². The lowest BCUT2D eigenvalue weighted by Gasteiger charge is -2.32. The highest BCUT2D eigenvalue weighted by atomic mass is 16.2. The van der Waals surface area contributed by atoms with E-state index in [1.54, 1.807) is 0 Å². The number of rotatable bonds is 4. The second-order valence-electron chi connectivity index (χ2n) is 9.06. The first-order valence-corrected chi connectivity index (χ1v) is 10.9. The summed E-state index contributed by atoms with van der Waals surface area (Å²) in [5.74, 6) is -0.184.